The number of fused-ring (bicyclic) bond motifs is 1. The van der Waals surface area contributed by atoms with E-state index in [9.17, 15) is 4.79 Å². The van der Waals surface area contributed by atoms with E-state index in [1.54, 1.807) is 32.6 Å². The summed E-state index contributed by atoms with van der Waals surface area (Å²) in [5.74, 6) is 1.86. The third kappa shape index (κ3) is 5.48. The molecule has 150 valence electrons. The van der Waals surface area contributed by atoms with Crippen LogP contribution in [-0.4, -0.2) is 38.3 Å². The number of para-hydroxylation sites is 1. The fraction of sp³-hybridized carbons (Fsp3) is 0.217. The molecule has 0 saturated carbocycles. The van der Waals surface area contributed by atoms with E-state index in [0.717, 1.165) is 22.2 Å². The summed E-state index contributed by atoms with van der Waals surface area (Å²) in [5.41, 5.74) is 1.70. The number of pyridine rings is 1. The van der Waals surface area contributed by atoms with Gasteiger partial charge in [-0.1, -0.05) is 24.3 Å². The lowest BCUT2D eigenvalue weighted by molar-refractivity contribution is -0.116. The van der Waals surface area contributed by atoms with Gasteiger partial charge in [-0.25, -0.2) is 0 Å². The summed E-state index contributed by atoms with van der Waals surface area (Å²) in [6.45, 7) is 1.02. The molecule has 2 aromatic carbocycles. The Hall–Kier alpha value is -3.54. The first-order valence-corrected chi connectivity index (χ1v) is 9.36. The van der Waals surface area contributed by atoms with Gasteiger partial charge in [0.25, 0.3) is 0 Å². The zero-order valence-electron chi connectivity index (χ0n) is 16.6. The number of carbonyl (C=O) groups is 1. The van der Waals surface area contributed by atoms with Gasteiger partial charge < -0.3 is 19.5 Å². The Morgan fingerprint density at radius 3 is 2.69 bits per heavy atom. The Bertz CT molecular complexity index is 996. The number of nitrogens with one attached hydrogen (secondary N) is 1. The van der Waals surface area contributed by atoms with E-state index in [4.69, 9.17) is 14.2 Å². The number of methoxy groups -OCH3 is 2. The minimum Gasteiger partial charge on any atom is -0.493 e. The molecule has 1 amide bonds. The molecular formula is C23H24N2O4. The number of amides is 1. The standard InChI is InChI=1S/C23H24N2O4/c1-27-19-11-9-17(16-21(19)28-2)10-12-22(26)24-14-5-15-29-20-8-3-6-18-7-4-13-25-23(18)20/h3-4,6-13,16H,5,14-15H2,1-2H3,(H,24,26). The van der Waals surface area contributed by atoms with Gasteiger partial charge >= 0.3 is 0 Å². The van der Waals surface area contributed by atoms with E-state index < -0.39 is 0 Å². The van der Waals surface area contributed by atoms with Gasteiger partial charge in [0.15, 0.2) is 11.5 Å². The summed E-state index contributed by atoms with van der Waals surface area (Å²) in [4.78, 5) is 16.4. The second-order valence-corrected chi connectivity index (χ2v) is 6.27. The molecule has 0 bridgehead atoms. The van der Waals surface area contributed by atoms with Crippen LogP contribution in [-0.2, 0) is 4.79 Å². The molecule has 3 aromatic rings. The van der Waals surface area contributed by atoms with Crippen LogP contribution in [0, 0.1) is 0 Å². The van der Waals surface area contributed by atoms with Gasteiger partial charge in [-0.05, 0) is 42.3 Å². The van der Waals surface area contributed by atoms with Crippen molar-refractivity contribution >= 4 is 22.9 Å². The van der Waals surface area contributed by atoms with Gasteiger partial charge in [-0.15, -0.1) is 0 Å². The molecule has 0 atom stereocenters. The predicted octanol–water partition coefficient (Wildman–Crippen LogP) is 3.85. The van der Waals surface area contributed by atoms with Crippen molar-refractivity contribution in [1.29, 1.82) is 0 Å². The molecule has 0 saturated heterocycles. The normalized spacial score (nSPS) is 10.8. The van der Waals surface area contributed by atoms with Crippen LogP contribution < -0.4 is 19.5 Å². The highest BCUT2D eigenvalue weighted by molar-refractivity contribution is 5.91. The van der Waals surface area contributed by atoms with E-state index in [2.05, 4.69) is 10.3 Å². The van der Waals surface area contributed by atoms with Crippen molar-refractivity contribution in [2.45, 2.75) is 6.42 Å². The number of carbonyl (C=O) groups excluding carboxylic acids is 1. The number of nitrogens with zero attached hydrogens (tertiary/aromatic N) is 1. The number of benzene rings is 2. The average Bonchev–Trinajstić information content (AvgIpc) is 2.77. The quantitative estimate of drug-likeness (QED) is 0.442. The van der Waals surface area contributed by atoms with Gasteiger partial charge in [0.2, 0.25) is 5.91 Å². The van der Waals surface area contributed by atoms with Crippen molar-refractivity contribution in [3.05, 3.63) is 66.4 Å². The molecule has 6 heteroatoms. The number of hydrogen-bond acceptors (Lipinski definition) is 5. The zero-order chi connectivity index (χ0) is 20.5. The van der Waals surface area contributed by atoms with Crippen LogP contribution in [0.3, 0.4) is 0 Å². The van der Waals surface area contributed by atoms with Crippen LogP contribution in [0.5, 0.6) is 17.2 Å². The maximum Gasteiger partial charge on any atom is 0.244 e. The molecule has 0 unspecified atom stereocenters. The van der Waals surface area contributed by atoms with E-state index in [1.165, 1.54) is 6.08 Å². The smallest absolute Gasteiger partial charge is 0.244 e. The van der Waals surface area contributed by atoms with E-state index in [1.807, 2.05) is 42.5 Å². The molecule has 1 N–H and O–H groups in total. The van der Waals surface area contributed by atoms with Crippen LogP contribution in [0.25, 0.3) is 17.0 Å². The highest BCUT2D eigenvalue weighted by Crippen LogP contribution is 2.28. The molecule has 6 nitrogen and oxygen atoms in total. The van der Waals surface area contributed by atoms with E-state index in [-0.39, 0.29) is 5.91 Å². The van der Waals surface area contributed by atoms with E-state index in [0.29, 0.717) is 31.1 Å². The first-order valence-electron chi connectivity index (χ1n) is 9.36. The lowest BCUT2D eigenvalue weighted by atomic mass is 10.2. The van der Waals surface area contributed by atoms with Crippen molar-refractivity contribution in [1.82, 2.24) is 10.3 Å². The van der Waals surface area contributed by atoms with Crippen LogP contribution in [0.4, 0.5) is 0 Å². The molecule has 1 aromatic heterocycles. The summed E-state index contributed by atoms with van der Waals surface area (Å²) in [5, 5.41) is 3.89. The third-order valence-electron chi connectivity index (χ3n) is 4.31. The van der Waals surface area contributed by atoms with Crippen LogP contribution in [0.15, 0.2) is 60.8 Å². The zero-order valence-corrected chi connectivity index (χ0v) is 16.6. The third-order valence-corrected chi connectivity index (χ3v) is 4.31. The summed E-state index contributed by atoms with van der Waals surface area (Å²) in [6.07, 6.45) is 5.67. The molecule has 0 aliphatic heterocycles. The molecular weight excluding hydrogens is 368 g/mol. The number of hydrogen-bond donors (Lipinski definition) is 1. The van der Waals surface area contributed by atoms with Crippen molar-refractivity contribution < 1.29 is 19.0 Å². The minimum absolute atomic E-state index is 0.161. The predicted molar refractivity (Wildman–Crippen MR) is 113 cm³/mol. The molecule has 29 heavy (non-hydrogen) atoms. The Morgan fingerprint density at radius 1 is 1.03 bits per heavy atom. The Kier molecular flexibility index (Phi) is 7.05. The van der Waals surface area contributed by atoms with Crippen molar-refractivity contribution in [3.63, 3.8) is 0 Å². The van der Waals surface area contributed by atoms with Gasteiger partial charge in [0.1, 0.15) is 11.3 Å². The molecule has 1 heterocycles. The lowest BCUT2D eigenvalue weighted by Gasteiger charge is -2.09. The van der Waals surface area contributed by atoms with Crippen LogP contribution in [0.1, 0.15) is 12.0 Å². The number of aromatic nitrogens is 1. The Morgan fingerprint density at radius 2 is 1.86 bits per heavy atom. The molecule has 0 spiro atoms. The number of ether oxygens (including phenoxy) is 3. The van der Waals surface area contributed by atoms with Gasteiger partial charge in [0.05, 0.1) is 20.8 Å². The topological polar surface area (TPSA) is 69.7 Å². The van der Waals surface area contributed by atoms with Gasteiger partial charge in [0, 0.05) is 24.2 Å². The number of rotatable bonds is 9. The molecule has 0 fully saturated rings. The van der Waals surface area contributed by atoms with Crippen LogP contribution in [0.2, 0.25) is 0 Å². The highest BCUT2D eigenvalue weighted by Gasteiger charge is 2.04. The van der Waals surface area contributed by atoms with E-state index >= 15 is 0 Å². The molecule has 0 aliphatic rings. The highest BCUT2D eigenvalue weighted by atomic mass is 16.5. The summed E-state index contributed by atoms with van der Waals surface area (Å²) in [6, 6.07) is 15.2. The first kappa shape index (κ1) is 20.2. The molecule has 3 rings (SSSR count). The summed E-state index contributed by atoms with van der Waals surface area (Å²) < 4.78 is 16.3. The van der Waals surface area contributed by atoms with Crippen molar-refractivity contribution in [2.75, 3.05) is 27.4 Å². The SMILES string of the molecule is COc1ccc(C=CC(=O)NCCCOc2cccc3cccnc23)cc1OC. The molecule has 0 aliphatic carbocycles. The largest absolute Gasteiger partial charge is 0.493 e. The second-order valence-electron chi connectivity index (χ2n) is 6.27. The average molecular weight is 392 g/mol. The summed E-state index contributed by atoms with van der Waals surface area (Å²) >= 11 is 0. The fourth-order valence-corrected chi connectivity index (χ4v) is 2.85. The van der Waals surface area contributed by atoms with Crippen molar-refractivity contribution in [3.8, 4) is 17.2 Å². The fourth-order valence-electron chi connectivity index (χ4n) is 2.85. The lowest BCUT2D eigenvalue weighted by Crippen LogP contribution is -2.23. The minimum atomic E-state index is -0.161. The second kappa shape index (κ2) is 10.1. The Balaban J connectivity index is 1.43. The Labute approximate surface area is 170 Å². The summed E-state index contributed by atoms with van der Waals surface area (Å²) in [7, 11) is 3.16. The van der Waals surface area contributed by atoms with Crippen LogP contribution >= 0.6 is 0 Å². The maximum absolute atomic E-state index is 12.0. The van der Waals surface area contributed by atoms with Gasteiger partial charge in [-0.3, -0.25) is 9.78 Å². The molecule has 0 radical (unpaired) electrons. The first-order chi connectivity index (χ1) is 14.2. The van der Waals surface area contributed by atoms with Crippen molar-refractivity contribution in [2.24, 2.45) is 0 Å². The maximum atomic E-state index is 12.0. The monoisotopic (exact) mass is 392 g/mol. The van der Waals surface area contributed by atoms with Gasteiger partial charge in [-0.2, -0.15) is 0 Å².